The van der Waals surface area contributed by atoms with Gasteiger partial charge in [-0.1, -0.05) is 41.5 Å². The Kier molecular flexibility index (Phi) is 8.54. The van der Waals surface area contributed by atoms with Gasteiger partial charge in [0.05, 0.1) is 12.7 Å². The van der Waals surface area contributed by atoms with E-state index in [1.165, 1.54) is 10.8 Å². The van der Waals surface area contributed by atoms with Gasteiger partial charge in [-0.3, -0.25) is 9.36 Å². The molecule has 2 heterocycles. The topological polar surface area (TPSA) is 116 Å². The van der Waals surface area contributed by atoms with Gasteiger partial charge < -0.3 is 18.7 Å². The van der Waals surface area contributed by atoms with Crippen molar-refractivity contribution in [3.8, 4) is 6.07 Å². The summed E-state index contributed by atoms with van der Waals surface area (Å²) in [6, 6.07) is 1.87. The Bertz CT molecular complexity index is 1080. The van der Waals surface area contributed by atoms with Gasteiger partial charge in [0, 0.05) is 11.8 Å². The second-order valence-corrected chi connectivity index (χ2v) is 22.1. The number of aromatic nitrogens is 2. The lowest BCUT2D eigenvalue weighted by Crippen LogP contribution is -2.51. The molecule has 1 N–H and O–H groups in total. The molecule has 0 amide bonds. The fraction of sp³-hybridized carbons (Fsp3) is 0.792. The van der Waals surface area contributed by atoms with Gasteiger partial charge in [0.15, 0.2) is 22.9 Å². The molecule has 1 saturated heterocycles. The SMILES string of the molecule is Cc1cn([C@@H]2O[C@H](CO[Si](C)(C)C(C)(C)C)[C@@H](O)[C@H]2O[Si](C)(C)C(C)(C)C)c(=O)n(CC#N)c1=O. The summed E-state index contributed by atoms with van der Waals surface area (Å²) in [5.74, 6) is 0. The summed E-state index contributed by atoms with van der Waals surface area (Å²) in [7, 11) is -4.51. The van der Waals surface area contributed by atoms with Crippen LogP contribution in [0.3, 0.4) is 0 Å². The number of ether oxygens (including phenoxy) is 1. The molecular weight excluding hydrogens is 482 g/mol. The number of nitrogens with zero attached hydrogens (tertiary/aromatic N) is 3. The van der Waals surface area contributed by atoms with Crippen LogP contribution in [0.15, 0.2) is 15.8 Å². The van der Waals surface area contributed by atoms with Crippen molar-refractivity contribution in [2.45, 2.75) is 116 Å². The van der Waals surface area contributed by atoms with Crippen LogP contribution >= 0.6 is 0 Å². The lowest BCUT2D eigenvalue weighted by Gasteiger charge is -2.40. The van der Waals surface area contributed by atoms with Crippen LogP contribution < -0.4 is 11.2 Å². The lowest BCUT2D eigenvalue weighted by atomic mass is 10.1. The minimum absolute atomic E-state index is 0.0200. The van der Waals surface area contributed by atoms with Crippen molar-refractivity contribution in [2.75, 3.05) is 6.61 Å². The Morgan fingerprint density at radius 2 is 1.63 bits per heavy atom. The molecule has 4 atom stereocenters. The fourth-order valence-corrected chi connectivity index (χ4v) is 5.69. The molecule has 11 heteroatoms. The normalized spacial score (nSPS) is 24.0. The molecule has 2 rings (SSSR count). The zero-order chi connectivity index (χ0) is 27.1. The van der Waals surface area contributed by atoms with Gasteiger partial charge in [-0.15, -0.1) is 0 Å². The Hall–Kier alpha value is -1.56. The van der Waals surface area contributed by atoms with Gasteiger partial charge in [0.25, 0.3) is 5.56 Å². The quantitative estimate of drug-likeness (QED) is 0.542. The standard InChI is InChI=1S/C24H43N3O6Si2/c1-16-14-27(22(30)26(13-12-25)20(16)29)21-19(33-35(10,11)24(5,6)7)18(28)17(32-21)15-31-34(8,9)23(2,3)4/h14,17-19,21,28H,13,15H2,1-11H3/t17-,18-,19-,21-/m1/s1. The van der Waals surface area contributed by atoms with Crippen molar-refractivity contribution in [2.24, 2.45) is 0 Å². The lowest BCUT2D eigenvalue weighted by molar-refractivity contribution is -0.0520. The number of nitriles is 1. The molecule has 0 saturated carbocycles. The first-order chi connectivity index (χ1) is 15.7. The summed E-state index contributed by atoms with van der Waals surface area (Å²) in [4.78, 5) is 25.7. The van der Waals surface area contributed by atoms with E-state index < -0.39 is 52.4 Å². The van der Waals surface area contributed by atoms with Crippen molar-refractivity contribution < 1.29 is 18.7 Å². The minimum Gasteiger partial charge on any atom is -0.414 e. The molecule has 0 aliphatic carbocycles. The molecule has 1 aliphatic rings. The van der Waals surface area contributed by atoms with Gasteiger partial charge in [-0.25, -0.2) is 9.36 Å². The monoisotopic (exact) mass is 525 g/mol. The summed E-state index contributed by atoms with van der Waals surface area (Å²) in [5.41, 5.74) is -0.898. The minimum atomic E-state index is -2.38. The first kappa shape index (κ1) is 29.7. The van der Waals surface area contributed by atoms with E-state index in [2.05, 4.69) is 67.7 Å². The van der Waals surface area contributed by atoms with Crippen LogP contribution in [0, 0.1) is 18.3 Å². The molecule has 1 aromatic heterocycles. The third kappa shape index (κ3) is 6.06. The molecule has 0 radical (unpaired) electrons. The van der Waals surface area contributed by atoms with Crippen LogP contribution in [-0.2, 0) is 20.1 Å². The Balaban J connectivity index is 2.54. The number of rotatable bonds is 7. The number of aliphatic hydroxyl groups is 1. The average molecular weight is 526 g/mol. The van der Waals surface area contributed by atoms with Crippen LogP contribution in [0.4, 0.5) is 0 Å². The molecule has 0 aromatic carbocycles. The van der Waals surface area contributed by atoms with Crippen LogP contribution in [0.2, 0.25) is 36.3 Å². The third-order valence-corrected chi connectivity index (χ3v) is 16.8. The van der Waals surface area contributed by atoms with Crippen molar-refractivity contribution in [1.29, 1.82) is 5.26 Å². The highest BCUT2D eigenvalue weighted by Crippen LogP contribution is 2.42. The van der Waals surface area contributed by atoms with E-state index in [-0.39, 0.29) is 23.2 Å². The summed E-state index contributed by atoms with van der Waals surface area (Å²) < 4.78 is 21.4. The Labute approximate surface area is 210 Å². The zero-order valence-corrected chi connectivity index (χ0v) is 25.1. The van der Waals surface area contributed by atoms with Crippen LogP contribution in [0.5, 0.6) is 0 Å². The van der Waals surface area contributed by atoms with E-state index in [0.717, 1.165) is 4.57 Å². The summed E-state index contributed by atoms with van der Waals surface area (Å²) >= 11 is 0. The first-order valence-electron chi connectivity index (χ1n) is 12.1. The summed E-state index contributed by atoms with van der Waals surface area (Å²) in [5, 5.41) is 20.3. The molecule has 1 fully saturated rings. The van der Waals surface area contributed by atoms with E-state index in [4.69, 9.17) is 18.9 Å². The van der Waals surface area contributed by atoms with Gasteiger partial charge in [-0.05, 0) is 43.2 Å². The molecule has 35 heavy (non-hydrogen) atoms. The predicted octanol–water partition coefficient (Wildman–Crippen LogP) is 3.51. The zero-order valence-electron chi connectivity index (χ0n) is 23.1. The smallest absolute Gasteiger partial charge is 0.334 e. The van der Waals surface area contributed by atoms with Crippen molar-refractivity contribution >= 4 is 16.6 Å². The molecule has 9 nitrogen and oxygen atoms in total. The van der Waals surface area contributed by atoms with Crippen molar-refractivity contribution in [3.05, 3.63) is 32.6 Å². The third-order valence-electron chi connectivity index (χ3n) is 7.83. The maximum atomic E-state index is 13.2. The molecule has 0 unspecified atom stereocenters. The number of aliphatic hydroxyl groups excluding tert-OH is 1. The van der Waals surface area contributed by atoms with Crippen LogP contribution in [0.1, 0.15) is 53.3 Å². The van der Waals surface area contributed by atoms with E-state index in [1.807, 2.05) is 6.07 Å². The summed E-state index contributed by atoms with van der Waals surface area (Å²) in [6.45, 7) is 22.5. The van der Waals surface area contributed by atoms with Gasteiger partial charge in [0.1, 0.15) is 24.9 Å². The average Bonchev–Trinajstić information content (AvgIpc) is 3.00. The largest absolute Gasteiger partial charge is 0.414 e. The maximum Gasteiger partial charge on any atom is 0.334 e. The van der Waals surface area contributed by atoms with Gasteiger partial charge in [0.2, 0.25) is 0 Å². The highest BCUT2D eigenvalue weighted by molar-refractivity contribution is 6.74. The highest BCUT2D eigenvalue weighted by Gasteiger charge is 2.51. The number of aryl methyl sites for hydroxylation is 1. The van der Waals surface area contributed by atoms with E-state index in [9.17, 15) is 14.7 Å². The molecule has 0 bridgehead atoms. The second kappa shape index (κ2) is 10.1. The van der Waals surface area contributed by atoms with Crippen LogP contribution in [-0.4, -0.2) is 55.8 Å². The Morgan fingerprint density at radius 1 is 1.09 bits per heavy atom. The van der Waals surface area contributed by atoms with E-state index in [0.29, 0.717) is 5.56 Å². The molecular formula is C24H43N3O6Si2. The molecule has 0 spiro atoms. The van der Waals surface area contributed by atoms with Gasteiger partial charge >= 0.3 is 5.69 Å². The van der Waals surface area contributed by atoms with Crippen LogP contribution in [0.25, 0.3) is 0 Å². The highest BCUT2D eigenvalue weighted by atomic mass is 28.4. The number of hydrogen-bond donors (Lipinski definition) is 1. The maximum absolute atomic E-state index is 13.2. The van der Waals surface area contributed by atoms with Crippen molar-refractivity contribution in [3.63, 3.8) is 0 Å². The molecule has 1 aliphatic heterocycles. The molecule has 1 aromatic rings. The second-order valence-electron chi connectivity index (χ2n) is 12.5. The predicted molar refractivity (Wildman–Crippen MR) is 140 cm³/mol. The fourth-order valence-electron chi connectivity index (χ4n) is 3.38. The van der Waals surface area contributed by atoms with E-state index >= 15 is 0 Å². The summed E-state index contributed by atoms with van der Waals surface area (Å²) in [6.07, 6.45) is -2.14. The molecule has 198 valence electrons. The number of hydrogen-bond acceptors (Lipinski definition) is 7. The Morgan fingerprint density at radius 3 is 2.11 bits per heavy atom. The van der Waals surface area contributed by atoms with E-state index in [1.54, 1.807) is 6.92 Å². The first-order valence-corrected chi connectivity index (χ1v) is 17.9. The van der Waals surface area contributed by atoms with Gasteiger partial charge in [-0.2, -0.15) is 5.26 Å². The van der Waals surface area contributed by atoms with Crippen molar-refractivity contribution in [1.82, 2.24) is 9.13 Å².